The van der Waals surface area contributed by atoms with E-state index in [1.165, 1.54) is 0 Å². The molecule has 2 N–H and O–H groups in total. The normalized spacial score (nSPS) is 17.7. The molecule has 0 bridgehead atoms. The topological polar surface area (TPSA) is 94.5 Å². The van der Waals surface area contributed by atoms with Crippen LogP contribution < -0.4 is 10.5 Å². The van der Waals surface area contributed by atoms with Crippen LogP contribution in [0.5, 0.6) is 5.75 Å². The Balaban J connectivity index is 0.00000280. The van der Waals surface area contributed by atoms with Crippen LogP contribution in [0.1, 0.15) is 45.4 Å². The number of rotatable bonds is 7. The Labute approximate surface area is 172 Å². The van der Waals surface area contributed by atoms with Gasteiger partial charge in [-0.1, -0.05) is 5.16 Å². The van der Waals surface area contributed by atoms with E-state index in [0.717, 1.165) is 37.1 Å². The molecule has 1 aliphatic heterocycles. The summed E-state index contributed by atoms with van der Waals surface area (Å²) in [4.78, 5) is 19.0. The molecule has 0 spiro atoms. The van der Waals surface area contributed by atoms with Crippen molar-refractivity contribution in [2.24, 2.45) is 5.73 Å². The van der Waals surface area contributed by atoms with Crippen molar-refractivity contribution in [2.45, 2.75) is 58.0 Å². The highest BCUT2D eigenvalue weighted by molar-refractivity contribution is 5.85. The lowest BCUT2D eigenvalue weighted by atomic mass is 9.96. The SMILES string of the molecule is CCOc1ccc(-c2noc(CCC(=O)N3CCCCC3C(C)N)n2)cc1.Cl. The molecule has 1 saturated heterocycles. The monoisotopic (exact) mass is 408 g/mol. The number of benzene rings is 1. The molecular formula is C20H29ClN4O3. The summed E-state index contributed by atoms with van der Waals surface area (Å²) in [5.41, 5.74) is 6.91. The van der Waals surface area contributed by atoms with E-state index >= 15 is 0 Å². The number of nitrogens with zero attached hydrogens (tertiary/aromatic N) is 3. The fourth-order valence-electron chi connectivity index (χ4n) is 3.51. The number of ether oxygens (including phenoxy) is 1. The molecule has 2 unspecified atom stereocenters. The van der Waals surface area contributed by atoms with E-state index in [1.807, 2.05) is 43.0 Å². The first-order chi connectivity index (χ1) is 13.1. The molecule has 1 aromatic heterocycles. The third kappa shape index (κ3) is 5.45. The van der Waals surface area contributed by atoms with E-state index in [4.69, 9.17) is 15.0 Å². The third-order valence-corrected chi connectivity index (χ3v) is 4.92. The number of carbonyl (C=O) groups is 1. The Bertz CT molecular complexity index is 748. The van der Waals surface area contributed by atoms with E-state index < -0.39 is 0 Å². The minimum Gasteiger partial charge on any atom is -0.494 e. The van der Waals surface area contributed by atoms with Gasteiger partial charge >= 0.3 is 0 Å². The summed E-state index contributed by atoms with van der Waals surface area (Å²) >= 11 is 0. The minimum atomic E-state index is -0.0103. The highest BCUT2D eigenvalue weighted by Gasteiger charge is 2.29. The van der Waals surface area contributed by atoms with E-state index in [-0.39, 0.29) is 30.4 Å². The average Bonchev–Trinajstić information content (AvgIpc) is 3.16. The van der Waals surface area contributed by atoms with Crippen LogP contribution in [0.4, 0.5) is 0 Å². The summed E-state index contributed by atoms with van der Waals surface area (Å²) in [5, 5.41) is 4.02. The van der Waals surface area contributed by atoms with Crippen LogP contribution in [0, 0.1) is 0 Å². The molecule has 154 valence electrons. The lowest BCUT2D eigenvalue weighted by Crippen LogP contribution is -2.51. The molecule has 28 heavy (non-hydrogen) atoms. The molecule has 8 heteroatoms. The highest BCUT2D eigenvalue weighted by atomic mass is 35.5. The van der Waals surface area contributed by atoms with Crippen molar-refractivity contribution in [1.29, 1.82) is 0 Å². The number of piperidine rings is 1. The van der Waals surface area contributed by atoms with Crippen molar-refractivity contribution in [3.63, 3.8) is 0 Å². The maximum Gasteiger partial charge on any atom is 0.227 e. The van der Waals surface area contributed by atoms with Crippen molar-refractivity contribution in [3.8, 4) is 17.1 Å². The Morgan fingerprint density at radius 1 is 1.36 bits per heavy atom. The highest BCUT2D eigenvalue weighted by Crippen LogP contribution is 2.22. The van der Waals surface area contributed by atoms with E-state index in [1.54, 1.807) is 0 Å². The fraction of sp³-hybridized carbons (Fsp3) is 0.550. The van der Waals surface area contributed by atoms with Gasteiger partial charge in [-0.2, -0.15) is 4.98 Å². The maximum absolute atomic E-state index is 12.6. The minimum absolute atomic E-state index is 0. The zero-order valence-electron chi connectivity index (χ0n) is 16.5. The summed E-state index contributed by atoms with van der Waals surface area (Å²) in [6.07, 6.45) is 3.94. The summed E-state index contributed by atoms with van der Waals surface area (Å²) in [6, 6.07) is 7.67. The van der Waals surface area contributed by atoms with Crippen molar-refractivity contribution in [1.82, 2.24) is 15.0 Å². The van der Waals surface area contributed by atoms with Crippen LogP contribution in [-0.2, 0) is 11.2 Å². The molecule has 1 aromatic carbocycles. The quantitative estimate of drug-likeness (QED) is 0.755. The van der Waals surface area contributed by atoms with Gasteiger partial charge in [-0.05, 0) is 57.4 Å². The van der Waals surface area contributed by atoms with Gasteiger partial charge in [0.15, 0.2) is 0 Å². The third-order valence-electron chi connectivity index (χ3n) is 4.92. The Morgan fingerprint density at radius 2 is 2.11 bits per heavy atom. The van der Waals surface area contributed by atoms with Gasteiger partial charge in [-0.25, -0.2) is 0 Å². The van der Waals surface area contributed by atoms with Gasteiger partial charge in [0, 0.05) is 37.0 Å². The molecule has 0 radical (unpaired) electrons. The van der Waals surface area contributed by atoms with E-state index in [2.05, 4.69) is 10.1 Å². The van der Waals surface area contributed by atoms with E-state index in [0.29, 0.717) is 31.2 Å². The zero-order valence-corrected chi connectivity index (χ0v) is 17.3. The summed E-state index contributed by atoms with van der Waals surface area (Å²) < 4.78 is 10.8. The molecule has 1 fully saturated rings. The Kier molecular flexibility index (Phi) is 8.26. The average molecular weight is 409 g/mol. The smallest absolute Gasteiger partial charge is 0.227 e. The van der Waals surface area contributed by atoms with Crippen LogP contribution in [0.2, 0.25) is 0 Å². The van der Waals surface area contributed by atoms with E-state index in [9.17, 15) is 4.79 Å². The first-order valence-electron chi connectivity index (χ1n) is 9.69. The zero-order chi connectivity index (χ0) is 19.2. The Hall–Kier alpha value is -2.12. The van der Waals surface area contributed by atoms with Gasteiger partial charge in [0.1, 0.15) is 5.75 Å². The van der Waals surface area contributed by atoms with Crippen molar-refractivity contribution < 1.29 is 14.1 Å². The number of hydrogen-bond acceptors (Lipinski definition) is 6. The second kappa shape index (κ2) is 10.4. The number of hydrogen-bond donors (Lipinski definition) is 1. The lowest BCUT2D eigenvalue weighted by molar-refractivity contribution is -0.135. The fourth-order valence-corrected chi connectivity index (χ4v) is 3.51. The molecule has 0 aliphatic carbocycles. The van der Waals surface area contributed by atoms with Gasteiger partial charge in [-0.3, -0.25) is 4.79 Å². The van der Waals surface area contributed by atoms with Crippen molar-refractivity contribution in [2.75, 3.05) is 13.2 Å². The van der Waals surface area contributed by atoms with Gasteiger partial charge in [-0.15, -0.1) is 12.4 Å². The standard InChI is InChI=1S/C20H28N4O3.ClH/c1-3-26-16-9-7-15(8-10-16)20-22-18(27-23-20)11-12-19(25)24-13-5-4-6-17(24)14(2)21;/h7-10,14,17H,3-6,11-13,21H2,1-2H3;1H. The van der Waals surface area contributed by atoms with Crippen LogP contribution >= 0.6 is 12.4 Å². The van der Waals surface area contributed by atoms with Gasteiger partial charge in [0.2, 0.25) is 17.6 Å². The van der Waals surface area contributed by atoms with Crippen LogP contribution in [-0.4, -0.2) is 46.2 Å². The van der Waals surface area contributed by atoms with Crippen LogP contribution in [0.15, 0.2) is 28.8 Å². The lowest BCUT2D eigenvalue weighted by Gasteiger charge is -2.38. The summed E-state index contributed by atoms with van der Waals surface area (Å²) in [7, 11) is 0. The van der Waals surface area contributed by atoms with Gasteiger partial charge in [0.05, 0.1) is 6.61 Å². The van der Waals surface area contributed by atoms with Gasteiger partial charge < -0.3 is 19.9 Å². The molecule has 1 amide bonds. The second-order valence-electron chi connectivity index (χ2n) is 6.98. The molecule has 1 aliphatic rings. The number of carbonyl (C=O) groups excluding carboxylic acids is 1. The predicted molar refractivity (Wildman–Crippen MR) is 109 cm³/mol. The summed E-state index contributed by atoms with van der Waals surface area (Å²) in [5.74, 6) is 1.91. The molecule has 7 nitrogen and oxygen atoms in total. The first kappa shape index (κ1) is 22.2. The molecule has 2 atom stereocenters. The molecule has 2 aromatic rings. The number of amides is 1. The maximum atomic E-state index is 12.6. The first-order valence-corrected chi connectivity index (χ1v) is 9.69. The molecule has 3 rings (SSSR count). The van der Waals surface area contributed by atoms with Crippen molar-refractivity contribution in [3.05, 3.63) is 30.2 Å². The molecule has 2 heterocycles. The molecular weight excluding hydrogens is 380 g/mol. The number of likely N-dealkylation sites (tertiary alicyclic amines) is 1. The number of aryl methyl sites for hydroxylation is 1. The van der Waals surface area contributed by atoms with Crippen LogP contribution in [0.3, 0.4) is 0 Å². The van der Waals surface area contributed by atoms with Crippen LogP contribution in [0.25, 0.3) is 11.4 Å². The second-order valence-corrected chi connectivity index (χ2v) is 6.98. The number of aromatic nitrogens is 2. The number of halogens is 1. The van der Waals surface area contributed by atoms with Crippen molar-refractivity contribution >= 4 is 18.3 Å². The largest absolute Gasteiger partial charge is 0.494 e. The van der Waals surface area contributed by atoms with Gasteiger partial charge in [0.25, 0.3) is 0 Å². The Morgan fingerprint density at radius 3 is 2.79 bits per heavy atom. The molecule has 0 saturated carbocycles. The summed E-state index contributed by atoms with van der Waals surface area (Å²) in [6.45, 7) is 5.32. The predicted octanol–water partition coefficient (Wildman–Crippen LogP) is 3.22. The number of nitrogens with two attached hydrogens (primary N) is 1.